The van der Waals surface area contributed by atoms with Crippen LogP contribution in [0, 0.1) is 11.8 Å². The fourth-order valence-electron chi connectivity index (χ4n) is 4.37. The lowest BCUT2D eigenvalue weighted by Crippen LogP contribution is -2.46. The number of amides is 1. The highest BCUT2D eigenvalue weighted by Gasteiger charge is 2.35. The lowest BCUT2D eigenvalue weighted by atomic mass is 9.84. The highest BCUT2D eigenvalue weighted by molar-refractivity contribution is 7.89. The topological polar surface area (TPSA) is 66.5 Å². The van der Waals surface area contributed by atoms with Crippen molar-refractivity contribution in [1.29, 1.82) is 0 Å². The van der Waals surface area contributed by atoms with Crippen LogP contribution in [0.2, 0.25) is 0 Å². The summed E-state index contributed by atoms with van der Waals surface area (Å²) < 4.78 is 65.5. The van der Waals surface area contributed by atoms with E-state index in [4.69, 9.17) is 0 Å². The van der Waals surface area contributed by atoms with E-state index in [-0.39, 0.29) is 35.9 Å². The van der Waals surface area contributed by atoms with Crippen LogP contribution in [0.15, 0.2) is 29.2 Å². The highest BCUT2D eigenvalue weighted by Crippen LogP contribution is 2.32. The van der Waals surface area contributed by atoms with E-state index in [2.05, 4.69) is 12.2 Å². The van der Waals surface area contributed by atoms with Gasteiger partial charge in [0.15, 0.2) is 0 Å². The van der Waals surface area contributed by atoms with Gasteiger partial charge in [-0.05, 0) is 62.6 Å². The number of nitrogens with zero attached hydrogens (tertiary/aromatic N) is 1. The largest absolute Gasteiger partial charge is 0.416 e. The van der Waals surface area contributed by atoms with Crippen molar-refractivity contribution in [2.45, 2.75) is 69.0 Å². The Balaban J connectivity index is 1.56. The van der Waals surface area contributed by atoms with Crippen molar-refractivity contribution in [3.63, 3.8) is 0 Å². The number of sulfonamides is 1. The predicted molar refractivity (Wildman–Crippen MR) is 107 cm³/mol. The smallest absolute Gasteiger partial charge is 0.353 e. The van der Waals surface area contributed by atoms with Crippen LogP contribution in [-0.4, -0.2) is 37.8 Å². The van der Waals surface area contributed by atoms with Crippen molar-refractivity contribution in [3.8, 4) is 0 Å². The van der Waals surface area contributed by atoms with E-state index in [0.717, 1.165) is 43.7 Å². The van der Waals surface area contributed by atoms with Crippen molar-refractivity contribution in [2.24, 2.45) is 11.8 Å². The third-order valence-corrected chi connectivity index (χ3v) is 8.29. The first kappa shape index (κ1) is 23.1. The number of benzene rings is 1. The summed E-state index contributed by atoms with van der Waals surface area (Å²) in [7, 11) is -4.03. The van der Waals surface area contributed by atoms with Crippen LogP contribution in [0.25, 0.3) is 0 Å². The molecule has 0 radical (unpaired) electrons. The number of nitrogens with one attached hydrogen (secondary N) is 1. The Kier molecular flexibility index (Phi) is 7.12. The van der Waals surface area contributed by atoms with Gasteiger partial charge in [-0.1, -0.05) is 19.4 Å². The Bertz CT molecular complexity index is 841. The number of hydrogen-bond acceptors (Lipinski definition) is 3. The first-order chi connectivity index (χ1) is 14.1. The molecule has 1 saturated heterocycles. The van der Waals surface area contributed by atoms with Gasteiger partial charge in [0.05, 0.1) is 10.5 Å². The maximum atomic E-state index is 12.9. The molecule has 1 aromatic carbocycles. The first-order valence-electron chi connectivity index (χ1n) is 10.6. The molecule has 168 valence electrons. The zero-order valence-electron chi connectivity index (χ0n) is 17.1. The molecule has 1 heterocycles. The lowest BCUT2D eigenvalue weighted by Gasteiger charge is -2.33. The number of alkyl halides is 3. The minimum absolute atomic E-state index is 0.0361. The van der Waals surface area contributed by atoms with Gasteiger partial charge in [-0.25, -0.2) is 8.42 Å². The van der Waals surface area contributed by atoms with Gasteiger partial charge in [-0.2, -0.15) is 17.5 Å². The Morgan fingerprint density at radius 3 is 2.30 bits per heavy atom. The van der Waals surface area contributed by atoms with Crippen molar-refractivity contribution in [3.05, 3.63) is 29.8 Å². The Morgan fingerprint density at radius 2 is 1.73 bits per heavy atom. The van der Waals surface area contributed by atoms with Gasteiger partial charge < -0.3 is 5.32 Å². The van der Waals surface area contributed by atoms with Gasteiger partial charge in [0, 0.05) is 25.0 Å². The van der Waals surface area contributed by atoms with Crippen LogP contribution in [0.3, 0.4) is 0 Å². The van der Waals surface area contributed by atoms with Gasteiger partial charge in [-0.15, -0.1) is 0 Å². The van der Waals surface area contributed by atoms with E-state index in [1.165, 1.54) is 16.8 Å². The highest BCUT2D eigenvalue weighted by atomic mass is 32.2. The first-order valence-corrected chi connectivity index (χ1v) is 12.0. The zero-order valence-corrected chi connectivity index (χ0v) is 17.9. The van der Waals surface area contributed by atoms with Gasteiger partial charge in [0.1, 0.15) is 0 Å². The fourth-order valence-corrected chi connectivity index (χ4v) is 5.89. The van der Waals surface area contributed by atoms with Gasteiger partial charge >= 0.3 is 6.18 Å². The number of halogens is 3. The molecule has 0 bridgehead atoms. The lowest BCUT2D eigenvalue weighted by molar-refractivity contribution is -0.137. The number of hydrogen-bond donors (Lipinski definition) is 1. The molecule has 30 heavy (non-hydrogen) atoms. The van der Waals surface area contributed by atoms with E-state index in [1.807, 2.05) is 0 Å². The molecular formula is C21H29F3N2O3S. The summed E-state index contributed by atoms with van der Waals surface area (Å²) >= 11 is 0. The van der Waals surface area contributed by atoms with Crippen molar-refractivity contribution in [2.75, 3.05) is 13.1 Å². The van der Waals surface area contributed by atoms with E-state index in [1.54, 1.807) is 0 Å². The summed E-state index contributed by atoms with van der Waals surface area (Å²) in [5, 5.41) is 3.11. The third-order valence-electron chi connectivity index (χ3n) is 6.39. The number of carbonyl (C=O) groups excluding carboxylic acids is 1. The van der Waals surface area contributed by atoms with E-state index < -0.39 is 21.8 Å². The maximum absolute atomic E-state index is 12.9. The Hall–Kier alpha value is -1.61. The van der Waals surface area contributed by atoms with Crippen LogP contribution >= 0.6 is 0 Å². The van der Waals surface area contributed by atoms with E-state index in [9.17, 15) is 26.4 Å². The summed E-state index contributed by atoms with van der Waals surface area (Å²) in [5.41, 5.74) is -0.990. The van der Waals surface area contributed by atoms with Crippen LogP contribution in [0.1, 0.15) is 57.4 Å². The molecule has 1 N–H and O–H groups in total. The van der Waals surface area contributed by atoms with Gasteiger partial charge in [0.2, 0.25) is 15.9 Å². The molecule has 1 amide bonds. The molecule has 5 nitrogen and oxygen atoms in total. The summed E-state index contributed by atoms with van der Waals surface area (Å²) in [4.78, 5) is 12.2. The molecule has 0 unspecified atom stereocenters. The molecule has 1 aliphatic heterocycles. The van der Waals surface area contributed by atoms with Gasteiger partial charge in [0.25, 0.3) is 0 Å². The molecule has 9 heteroatoms. The quantitative estimate of drug-likeness (QED) is 0.738. The fraction of sp³-hybridized carbons (Fsp3) is 0.667. The summed E-state index contributed by atoms with van der Waals surface area (Å²) in [6.45, 7) is 2.43. The molecule has 0 spiro atoms. The molecular weight excluding hydrogens is 417 g/mol. The van der Waals surface area contributed by atoms with Crippen LogP contribution in [0.4, 0.5) is 13.2 Å². The molecule has 1 aliphatic carbocycles. The molecule has 2 aliphatic rings. The molecule has 0 atom stereocenters. The molecule has 1 aromatic rings. The second-order valence-electron chi connectivity index (χ2n) is 8.34. The minimum Gasteiger partial charge on any atom is -0.353 e. The monoisotopic (exact) mass is 446 g/mol. The average Bonchev–Trinajstić information content (AvgIpc) is 2.74. The van der Waals surface area contributed by atoms with Crippen molar-refractivity contribution < 1.29 is 26.4 Å². The summed E-state index contributed by atoms with van der Waals surface area (Å²) in [6.07, 6.45) is 1.50. The molecule has 3 rings (SSSR count). The Morgan fingerprint density at radius 1 is 1.10 bits per heavy atom. The SMILES string of the molecule is CCC1CCC(NC(=O)C2CCN(S(=O)(=O)c3cccc(C(F)(F)F)c3)CC2)CC1. The molecule has 0 aromatic heterocycles. The standard InChI is InChI=1S/C21H29F3N2O3S/c1-2-15-6-8-18(9-7-15)25-20(27)16-10-12-26(13-11-16)30(28,29)19-5-3-4-17(14-19)21(22,23)24/h3-5,14-16,18H,2,6-13H2,1H3,(H,25,27). The second kappa shape index (κ2) is 9.26. The van der Waals surface area contributed by atoms with E-state index >= 15 is 0 Å². The van der Waals surface area contributed by atoms with Crippen molar-refractivity contribution >= 4 is 15.9 Å². The maximum Gasteiger partial charge on any atom is 0.416 e. The number of rotatable bonds is 5. The predicted octanol–water partition coefficient (Wildman–Crippen LogP) is 4.19. The molecule has 1 saturated carbocycles. The number of carbonyl (C=O) groups is 1. The third kappa shape index (κ3) is 5.35. The summed E-state index contributed by atoms with van der Waals surface area (Å²) in [6, 6.07) is 3.98. The second-order valence-corrected chi connectivity index (χ2v) is 10.3. The Labute approximate surface area is 176 Å². The number of piperidine rings is 1. The van der Waals surface area contributed by atoms with Gasteiger partial charge in [-0.3, -0.25) is 4.79 Å². The normalized spacial score (nSPS) is 24.5. The van der Waals surface area contributed by atoms with Crippen LogP contribution < -0.4 is 5.32 Å². The minimum atomic E-state index is -4.60. The average molecular weight is 447 g/mol. The zero-order chi connectivity index (χ0) is 21.9. The van der Waals surface area contributed by atoms with Crippen molar-refractivity contribution in [1.82, 2.24) is 9.62 Å². The van der Waals surface area contributed by atoms with E-state index in [0.29, 0.717) is 18.9 Å². The van der Waals surface area contributed by atoms with Crippen LogP contribution in [-0.2, 0) is 21.0 Å². The van der Waals surface area contributed by atoms with Crippen LogP contribution in [0.5, 0.6) is 0 Å². The summed E-state index contributed by atoms with van der Waals surface area (Å²) in [5.74, 6) is 0.440. The molecule has 2 fully saturated rings.